The predicted octanol–water partition coefficient (Wildman–Crippen LogP) is 4.43. The molecule has 0 spiro atoms. The van der Waals surface area contributed by atoms with Crippen LogP contribution < -0.4 is 5.32 Å². The molecule has 0 radical (unpaired) electrons. The van der Waals surface area contributed by atoms with Crippen molar-refractivity contribution in [2.45, 2.75) is 18.1 Å². The molecule has 0 aromatic heterocycles. The Balaban J connectivity index is 1.77. The van der Waals surface area contributed by atoms with Crippen molar-refractivity contribution in [3.63, 3.8) is 0 Å². The summed E-state index contributed by atoms with van der Waals surface area (Å²) in [6.45, 7) is 2.00. The van der Waals surface area contributed by atoms with Crippen LogP contribution in [0, 0.1) is 0 Å². The molecule has 0 aliphatic carbocycles. The maximum absolute atomic E-state index is 11.9. The summed E-state index contributed by atoms with van der Waals surface area (Å²) in [5, 5.41) is 16.0. The van der Waals surface area contributed by atoms with Gasteiger partial charge in [-0.15, -0.1) is 0 Å². The first-order chi connectivity index (χ1) is 13.7. The molecular weight excluding hydrogens is 370 g/mol. The molecule has 4 heteroatoms. The molecule has 2 atom stereocenters. The summed E-state index contributed by atoms with van der Waals surface area (Å²) in [4.78, 5) is 0. The van der Waals surface area contributed by atoms with E-state index in [-0.39, 0.29) is 6.10 Å². The minimum absolute atomic E-state index is 0.331. The van der Waals surface area contributed by atoms with Crippen LogP contribution in [0.1, 0.15) is 11.1 Å². The second-order valence-electron chi connectivity index (χ2n) is 7.17. The molecule has 1 aliphatic heterocycles. The van der Waals surface area contributed by atoms with Crippen LogP contribution in [0.4, 0.5) is 0 Å². The number of nitrogens with one attached hydrogen (secondary N) is 1. The zero-order valence-electron chi connectivity index (χ0n) is 15.6. The number of morpholine rings is 1. The Bertz CT molecular complexity index is 925. The SMILES string of the molecule is OC(Cc1ccccc1-c1ccccc1Cl)(c1ccccc1)C1CNCCO1. The van der Waals surface area contributed by atoms with Crippen LogP contribution in [0.3, 0.4) is 0 Å². The minimum Gasteiger partial charge on any atom is -0.382 e. The van der Waals surface area contributed by atoms with Gasteiger partial charge >= 0.3 is 0 Å². The topological polar surface area (TPSA) is 41.5 Å². The Morgan fingerprint density at radius 2 is 1.61 bits per heavy atom. The maximum atomic E-state index is 11.9. The molecule has 2 N–H and O–H groups in total. The normalized spacial score (nSPS) is 19.1. The number of benzene rings is 3. The van der Waals surface area contributed by atoms with Crippen molar-refractivity contribution in [3.8, 4) is 11.1 Å². The highest BCUT2D eigenvalue weighted by Gasteiger charge is 2.40. The van der Waals surface area contributed by atoms with Crippen LogP contribution in [0.5, 0.6) is 0 Å². The molecule has 3 aromatic rings. The van der Waals surface area contributed by atoms with Gasteiger partial charge in [0.05, 0.1) is 6.61 Å². The molecule has 0 bridgehead atoms. The fraction of sp³-hybridized carbons (Fsp3) is 0.250. The molecule has 3 aromatic carbocycles. The van der Waals surface area contributed by atoms with E-state index in [9.17, 15) is 5.11 Å². The van der Waals surface area contributed by atoms with Gasteiger partial charge in [-0.2, -0.15) is 0 Å². The number of hydrogen-bond acceptors (Lipinski definition) is 3. The molecule has 0 amide bonds. The fourth-order valence-corrected chi connectivity index (χ4v) is 4.15. The Morgan fingerprint density at radius 1 is 0.929 bits per heavy atom. The molecule has 2 unspecified atom stereocenters. The van der Waals surface area contributed by atoms with E-state index in [2.05, 4.69) is 17.4 Å². The third kappa shape index (κ3) is 3.85. The molecule has 0 saturated carbocycles. The summed E-state index contributed by atoms with van der Waals surface area (Å²) in [5.74, 6) is 0. The van der Waals surface area contributed by atoms with Crippen LogP contribution in [-0.4, -0.2) is 30.9 Å². The van der Waals surface area contributed by atoms with Crippen molar-refractivity contribution in [3.05, 3.63) is 95.0 Å². The molecule has 1 fully saturated rings. The van der Waals surface area contributed by atoms with Gasteiger partial charge in [0, 0.05) is 30.1 Å². The number of aliphatic hydroxyl groups is 1. The van der Waals surface area contributed by atoms with Crippen molar-refractivity contribution < 1.29 is 9.84 Å². The van der Waals surface area contributed by atoms with Crippen molar-refractivity contribution in [1.29, 1.82) is 0 Å². The quantitative estimate of drug-likeness (QED) is 0.674. The van der Waals surface area contributed by atoms with Gasteiger partial charge in [-0.25, -0.2) is 0 Å². The molecule has 1 aliphatic rings. The lowest BCUT2D eigenvalue weighted by Crippen LogP contribution is -2.52. The summed E-state index contributed by atoms with van der Waals surface area (Å²) in [6, 6.07) is 25.7. The van der Waals surface area contributed by atoms with Crippen LogP contribution in [-0.2, 0) is 16.8 Å². The summed E-state index contributed by atoms with van der Waals surface area (Å²) >= 11 is 6.47. The Hall–Kier alpha value is -2.17. The van der Waals surface area contributed by atoms with Gasteiger partial charge < -0.3 is 15.2 Å². The van der Waals surface area contributed by atoms with Crippen molar-refractivity contribution in [2.24, 2.45) is 0 Å². The van der Waals surface area contributed by atoms with Gasteiger partial charge in [0.15, 0.2) is 0 Å². The van der Waals surface area contributed by atoms with Gasteiger partial charge in [0.1, 0.15) is 11.7 Å². The zero-order chi connectivity index (χ0) is 19.4. The largest absolute Gasteiger partial charge is 0.382 e. The van der Waals surface area contributed by atoms with E-state index in [1.807, 2.05) is 66.7 Å². The van der Waals surface area contributed by atoms with E-state index < -0.39 is 5.60 Å². The van der Waals surface area contributed by atoms with E-state index in [0.717, 1.165) is 28.8 Å². The lowest BCUT2D eigenvalue weighted by molar-refractivity contribution is -0.124. The maximum Gasteiger partial charge on any atom is 0.121 e. The van der Waals surface area contributed by atoms with Gasteiger partial charge in [0.25, 0.3) is 0 Å². The lowest BCUT2D eigenvalue weighted by atomic mass is 9.80. The number of ether oxygens (including phenoxy) is 1. The molecule has 1 saturated heterocycles. The van der Waals surface area contributed by atoms with E-state index in [0.29, 0.717) is 24.6 Å². The van der Waals surface area contributed by atoms with Gasteiger partial charge in [-0.3, -0.25) is 0 Å². The van der Waals surface area contributed by atoms with Crippen LogP contribution in [0.25, 0.3) is 11.1 Å². The average molecular weight is 394 g/mol. The highest BCUT2D eigenvalue weighted by molar-refractivity contribution is 6.33. The summed E-state index contributed by atoms with van der Waals surface area (Å²) in [6.07, 6.45) is 0.105. The van der Waals surface area contributed by atoms with Gasteiger partial charge in [-0.1, -0.05) is 84.4 Å². The Kier molecular flexibility index (Phi) is 5.79. The standard InChI is InChI=1S/C24H24ClNO2/c25-22-13-7-6-12-21(22)20-11-5-4-8-18(20)16-24(27,19-9-2-1-3-10-19)23-17-26-14-15-28-23/h1-13,23,26-27H,14-17H2. The summed E-state index contributed by atoms with van der Waals surface area (Å²) in [7, 11) is 0. The Labute approximate surface area is 170 Å². The molecule has 3 nitrogen and oxygen atoms in total. The first-order valence-corrected chi connectivity index (χ1v) is 9.99. The second-order valence-corrected chi connectivity index (χ2v) is 7.57. The van der Waals surface area contributed by atoms with Crippen molar-refractivity contribution >= 4 is 11.6 Å². The van der Waals surface area contributed by atoms with Crippen molar-refractivity contribution in [2.75, 3.05) is 19.7 Å². The Morgan fingerprint density at radius 3 is 2.32 bits per heavy atom. The van der Waals surface area contributed by atoms with Crippen molar-refractivity contribution in [1.82, 2.24) is 5.32 Å². The molecular formula is C24H24ClNO2. The van der Waals surface area contributed by atoms with E-state index in [4.69, 9.17) is 16.3 Å². The highest BCUT2D eigenvalue weighted by Crippen LogP contribution is 2.37. The minimum atomic E-state index is -1.15. The average Bonchev–Trinajstić information content (AvgIpc) is 2.76. The first kappa shape index (κ1) is 19.2. The van der Waals surface area contributed by atoms with Crippen LogP contribution in [0.2, 0.25) is 5.02 Å². The fourth-order valence-electron chi connectivity index (χ4n) is 3.91. The van der Waals surface area contributed by atoms with Crippen LogP contribution in [0.15, 0.2) is 78.9 Å². The van der Waals surface area contributed by atoms with Gasteiger partial charge in [-0.05, 0) is 22.8 Å². The number of hydrogen-bond donors (Lipinski definition) is 2. The molecule has 28 heavy (non-hydrogen) atoms. The molecule has 144 valence electrons. The number of rotatable bonds is 5. The van der Waals surface area contributed by atoms with Gasteiger partial charge in [0.2, 0.25) is 0 Å². The third-order valence-electron chi connectivity index (χ3n) is 5.38. The van der Waals surface area contributed by atoms with E-state index in [1.165, 1.54) is 0 Å². The number of halogens is 1. The summed E-state index contributed by atoms with van der Waals surface area (Å²) < 4.78 is 6.00. The second kappa shape index (κ2) is 8.46. The molecule has 1 heterocycles. The summed E-state index contributed by atoms with van der Waals surface area (Å²) in [5.41, 5.74) is 2.75. The first-order valence-electron chi connectivity index (χ1n) is 9.61. The zero-order valence-corrected chi connectivity index (χ0v) is 16.4. The monoisotopic (exact) mass is 393 g/mol. The van der Waals surface area contributed by atoms with E-state index >= 15 is 0 Å². The third-order valence-corrected chi connectivity index (χ3v) is 5.70. The highest BCUT2D eigenvalue weighted by atomic mass is 35.5. The van der Waals surface area contributed by atoms with E-state index in [1.54, 1.807) is 0 Å². The smallest absolute Gasteiger partial charge is 0.121 e. The van der Waals surface area contributed by atoms with Crippen LogP contribution >= 0.6 is 11.6 Å². The predicted molar refractivity (Wildman–Crippen MR) is 114 cm³/mol. The lowest BCUT2D eigenvalue weighted by Gasteiger charge is -2.39. The molecule has 4 rings (SSSR count).